The number of aliphatic carboxylic acids is 1. The summed E-state index contributed by atoms with van der Waals surface area (Å²) < 4.78 is 5.44. The zero-order chi connectivity index (χ0) is 18.7. The van der Waals surface area contributed by atoms with Crippen LogP contribution in [0, 0.1) is 0 Å². The van der Waals surface area contributed by atoms with Crippen LogP contribution in [0.3, 0.4) is 0 Å². The molecule has 0 radical (unpaired) electrons. The summed E-state index contributed by atoms with van der Waals surface area (Å²) in [5.41, 5.74) is 0.530. The number of carbonyl (C=O) groups is 2. The number of carboxylic acids is 1. The molecule has 1 fully saturated rings. The number of hydrogen-bond acceptors (Lipinski definition) is 5. The molecule has 1 atom stereocenters. The first kappa shape index (κ1) is 18.4. The quantitative estimate of drug-likeness (QED) is 0.840. The Bertz CT molecular complexity index is 802. The average Bonchev–Trinajstić information content (AvgIpc) is 3.23. The molecule has 138 valence electrons. The standard InChI is InChI=1S/C19H22N2O4S/c1-3-25-15-7-5-13(6-8-15)17-20-14(12-26-17)11-16(22)21-10-4-9-19(21,2)18(23)24/h5-8,12H,3-4,9-11H2,1-2H3,(H,23,24). The van der Waals surface area contributed by atoms with Crippen molar-refractivity contribution in [1.82, 2.24) is 9.88 Å². The van der Waals surface area contributed by atoms with Gasteiger partial charge in [-0.25, -0.2) is 9.78 Å². The van der Waals surface area contributed by atoms with Gasteiger partial charge in [0.2, 0.25) is 5.91 Å². The lowest BCUT2D eigenvalue weighted by Gasteiger charge is -2.31. The molecule has 1 amide bonds. The summed E-state index contributed by atoms with van der Waals surface area (Å²) in [7, 11) is 0. The van der Waals surface area contributed by atoms with E-state index in [2.05, 4.69) is 4.98 Å². The first-order valence-corrected chi connectivity index (χ1v) is 9.53. The number of hydrogen-bond donors (Lipinski definition) is 1. The molecule has 1 aromatic heterocycles. The Kier molecular flexibility index (Phi) is 5.27. The smallest absolute Gasteiger partial charge is 0.329 e. The fourth-order valence-corrected chi connectivity index (χ4v) is 4.04. The van der Waals surface area contributed by atoms with Gasteiger partial charge in [0.15, 0.2) is 0 Å². The predicted molar refractivity (Wildman–Crippen MR) is 99.4 cm³/mol. The summed E-state index contributed by atoms with van der Waals surface area (Å²) in [6, 6.07) is 7.68. The van der Waals surface area contributed by atoms with Gasteiger partial charge in [-0.05, 0) is 51.0 Å². The third kappa shape index (κ3) is 3.58. The molecule has 2 aromatic rings. The van der Waals surface area contributed by atoms with Gasteiger partial charge in [-0.1, -0.05) is 0 Å². The van der Waals surface area contributed by atoms with Crippen LogP contribution in [0.4, 0.5) is 0 Å². The number of nitrogens with zero attached hydrogens (tertiary/aromatic N) is 2. The molecule has 26 heavy (non-hydrogen) atoms. The van der Waals surface area contributed by atoms with Crippen molar-refractivity contribution in [2.45, 2.75) is 38.6 Å². The van der Waals surface area contributed by atoms with E-state index in [1.165, 1.54) is 16.2 Å². The Labute approximate surface area is 156 Å². The molecule has 6 nitrogen and oxygen atoms in total. The summed E-state index contributed by atoms with van der Waals surface area (Å²) >= 11 is 1.47. The second-order valence-corrected chi connectivity index (χ2v) is 7.36. The van der Waals surface area contributed by atoms with Gasteiger partial charge < -0.3 is 14.7 Å². The van der Waals surface area contributed by atoms with Gasteiger partial charge >= 0.3 is 5.97 Å². The van der Waals surface area contributed by atoms with Crippen LogP contribution in [0.25, 0.3) is 10.6 Å². The first-order chi connectivity index (χ1) is 12.4. The normalized spacial score (nSPS) is 19.5. The molecule has 1 aliphatic heterocycles. The highest BCUT2D eigenvalue weighted by atomic mass is 32.1. The number of carboxylic acid groups (broad SMARTS) is 1. The largest absolute Gasteiger partial charge is 0.494 e. The molecule has 3 rings (SSSR count). The van der Waals surface area contributed by atoms with Crippen LogP contribution in [0.1, 0.15) is 32.4 Å². The molecule has 0 aliphatic carbocycles. The SMILES string of the molecule is CCOc1ccc(-c2nc(CC(=O)N3CCCC3(C)C(=O)O)cs2)cc1. The topological polar surface area (TPSA) is 79.7 Å². The highest BCUT2D eigenvalue weighted by Gasteiger charge is 2.45. The number of rotatable bonds is 6. The maximum atomic E-state index is 12.6. The Morgan fingerprint density at radius 1 is 1.35 bits per heavy atom. The van der Waals surface area contributed by atoms with Crippen molar-refractivity contribution in [1.29, 1.82) is 0 Å². The van der Waals surface area contributed by atoms with E-state index in [9.17, 15) is 14.7 Å². The number of amides is 1. The van der Waals surface area contributed by atoms with E-state index in [0.29, 0.717) is 31.7 Å². The zero-order valence-electron chi connectivity index (χ0n) is 14.9. The Hall–Kier alpha value is -2.41. The van der Waals surface area contributed by atoms with Gasteiger partial charge in [-0.2, -0.15) is 0 Å². The van der Waals surface area contributed by atoms with Gasteiger partial charge in [0.1, 0.15) is 16.3 Å². The molecule has 7 heteroatoms. The lowest BCUT2D eigenvalue weighted by Crippen LogP contribution is -2.51. The highest BCUT2D eigenvalue weighted by molar-refractivity contribution is 7.13. The molecule has 0 bridgehead atoms. The first-order valence-electron chi connectivity index (χ1n) is 8.65. The van der Waals surface area contributed by atoms with Crippen molar-refractivity contribution in [2.75, 3.05) is 13.2 Å². The van der Waals surface area contributed by atoms with Gasteiger partial charge in [-0.3, -0.25) is 4.79 Å². The van der Waals surface area contributed by atoms with Crippen LogP contribution in [-0.2, 0) is 16.0 Å². The monoisotopic (exact) mass is 374 g/mol. The number of likely N-dealkylation sites (tertiary alicyclic amines) is 1. The van der Waals surface area contributed by atoms with Crippen molar-refractivity contribution in [3.63, 3.8) is 0 Å². The molecule has 0 spiro atoms. The number of carbonyl (C=O) groups excluding carboxylic acids is 1. The number of thiazole rings is 1. The van der Waals surface area contributed by atoms with Crippen LogP contribution < -0.4 is 4.74 Å². The maximum absolute atomic E-state index is 12.6. The number of ether oxygens (including phenoxy) is 1. The van der Waals surface area contributed by atoms with E-state index < -0.39 is 11.5 Å². The van der Waals surface area contributed by atoms with E-state index >= 15 is 0 Å². The third-order valence-corrected chi connectivity index (χ3v) is 5.64. The highest BCUT2D eigenvalue weighted by Crippen LogP contribution is 2.31. The minimum atomic E-state index is -1.11. The summed E-state index contributed by atoms with van der Waals surface area (Å²) in [6.07, 6.45) is 1.32. The minimum absolute atomic E-state index is 0.121. The maximum Gasteiger partial charge on any atom is 0.329 e. The van der Waals surface area contributed by atoms with Crippen LogP contribution in [0.2, 0.25) is 0 Å². The summed E-state index contributed by atoms with van der Waals surface area (Å²) in [4.78, 5) is 30.2. The fourth-order valence-electron chi connectivity index (χ4n) is 3.22. The van der Waals surface area contributed by atoms with E-state index in [1.54, 1.807) is 6.92 Å². The molecule has 1 aromatic carbocycles. The van der Waals surface area contributed by atoms with Gasteiger partial charge in [-0.15, -0.1) is 11.3 Å². The van der Waals surface area contributed by atoms with E-state index in [4.69, 9.17) is 4.74 Å². The molecule has 0 saturated carbocycles. The minimum Gasteiger partial charge on any atom is -0.494 e. The van der Waals surface area contributed by atoms with Crippen LogP contribution >= 0.6 is 11.3 Å². The third-order valence-electron chi connectivity index (χ3n) is 4.70. The second kappa shape index (κ2) is 7.45. The molecule has 1 aliphatic rings. The summed E-state index contributed by atoms with van der Waals surface area (Å²) in [5, 5.41) is 12.1. The van der Waals surface area contributed by atoms with Crippen molar-refractivity contribution in [3.05, 3.63) is 35.3 Å². The van der Waals surface area contributed by atoms with Gasteiger partial charge in [0.05, 0.1) is 18.7 Å². The number of aromatic nitrogens is 1. The molecule has 2 heterocycles. The Morgan fingerprint density at radius 2 is 2.08 bits per heavy atom. The van der Waals surface area contributed by atoms with Crippen molar-refractivity contribution in [2.24, 2.45) is 0 Å². The summed E-state index contributed by atoms with van der Waals surface area (Å²) in [5.74, 6) is -0.321. The molecule has 1 saturated heterocycles. The number of benzene rings is 1. The van der Waals surface area contributed by atoms with Crippen molar-refractivity contribution in [3.8, 4) is 16.3 Å². The predicted octanol–water partition coefficient (Wildman–Crippen LogP) is 3.22. The van der Waals surface area contributed by atoms with Crippen LogP contribution in [-0.4, -0.2) is 45.6 Å². The molecular weight excluding hydrogens is 352 g/mol. The van der Waals surface area contributed by atoms with Gasteiger partial charge in [0, 0.05) is 17.5 Å². The Morgan fingerprint density at radius 3 is 2.73 bits per heavy atom. The van der Waals surface area contributed by atoms with E-state index in [0.717, 1.165) is 16.3 Å². The van der Waals surface area contributed by atoms with Crippen LogP contribution in [0.5, 0.6) is 5.75 Å². The fraction of sp³-hybridized carbons (Fsp3) is 0.421. The van der Waals surface area contributed by atoms with Gasteiger partial charge in [0.25, 0.3) is 0 Å². The molecular formula is C19H22N2O4S. The lowest BCUT2D eigenvalue weighted by molar-refractivity contribution is -0.155. The zero-order valence-corrected chi connectivity index (χ0v) is 15.7. The van der Waals surface area contributed by atoms with Crippen molar-refractivity contribution >= 4 is 23.2 Å². The second-order valence-electron chi connectivity index (χ2n) is 6.51. The molecule has 1 N–H and O–H groups in total. The van der Waals surface area contributed by atoms with E-state index in [1.807, 2.05) is 36.6 Å². The average molecular weight is 374 g/mol. The molecule has 1 unspecified atom stereocenters. The van der Waals surface area contributed by atoms with Crippen LogP contribution in [0.15, 0.2) is 29.6 Å². The van der Waals surface area contributed by atoms with E-state index in [-0.39, 0.29) is 12.3 Å². The summed E-state index contributed by atoms with van der Waals surface area (Å²) in [6.45, 7) is 4.66. The Balaban J connectivity index is 1.70. The lowest BCUT2D eigenvalue weighted by atomic mass is 9.99. The van der Waals surface area contributed by atoms with Crippen molar-refractivity contribution < 1.29 is 19.4 Å².